The highest BCUT2D eigenvalue weighted by atomic mass is 32.2. The highest BCUT2D eigenvalue weighted by molar-refractivity contribution is 8.00. The Kier molecular flexibility index (Phi) is 6.06. The molecule has 0 aliphatic rings. The van der Waals surface area contributed by atoms with Crippen molar-refractivity contribution in [1.82, 2.24) is 20.1 Å². The number of pyridine rings is 1. The Morgan fingerprint density at radius 1 is 1.11 bits per heavy atom. The highest BCUT2D eigenvalue weighted by Crippen LogP contribution is 2.26. The summed E-state index contributed by atoms with van der Waals surface area (Å²) in [5.41, 5.74) is 6.62. The first kappa shape index (κ1) is 18.5. The van der Waals surface area contributed by atoms with E-state index >= 15 is 0 Å². The quantitative estimate of drug-likeness (QED) is 0.542. The van der Waals surface area contributed by atoms with Gasteiger partial charge in [-0.2, -0.15) is 5.10 Å². The number of carbonyl (C=O) groups is 2. The maximum Gasteiger partial charge on any atom is 0.319 e. The van der Waals surface area contributed by atoms with Gasteiger partial charge in [-0.3, -0.25) is 4.79 Å². The van der Waals surface area contributed by atoms with Crippen molar-refractivity contribution in [3.05, 3.63) is 66.6 Å². The Morgan fingerprint density at radius 2 is 1.96 bits per heavy atom. The van der Waals surface area contributed by atoms with Crippen LogP contribution in [0.25, 0.3) is 5.82 Å². The van der Waals surface area contributed by atoms with Crippen LogP contribution in [0.3, 0.4) is 0 Å². The Hall–Kier alpha value is -3.33. The van der Waals surface area contributed by atoms with E-state index in [1.54, 1.807) is 47.5 Å². The Labute approximate surface area is 160 Å². The van der Waals surface area contributed by atoms with Crippen molar-refractivity contribution in [1.29, 1.82) is 0 Å². The van der Waals surface area contributed by atoms with E-state index in [9.17, 15) is 9.59 Å². The molecule has 3 amide bonds. The third-order valence-electron chi connectivity index (χ3n) is 3.53. The van der Waals surface area contributed by atoms with Crippen LogP contribution < -0.4 is 16.4 Å². The van der Waals surface area contributed by atoms with Crippen LogP contribution in [0.4, 0.5) is 10.5 Å². The third-order valence-corrected chi connectivity index (χ3v) is 4.63. The van der Waals surface area contributed by atoms with Gasteiger partial charge in [0.2, 0.25) is 5.91 Å². The van der Waals surface area contributed by atoms with Crippen molar-refractivity contribution in [2.45, 2.75) is 11.4 Å². The fourth-order valence-corrected chi connectivity index (χ4v) is 3.10. The molecule has 0 saturated carbocycles. The fraction of sp³-hybridized carbons (Fsp3) is 0.111. The number of benzene rings is 1. The molecular weight excluding hydrogens is 364 g/mol. The minimum Gasteiger partial charge on any atom is -0.369 e. The van der Waals surface area contributed by atoms with Gasteiger partial charge >= 0.3 is 6.03 Å². The van der Waals surface area contributed by atoms with E-state index in [1.807, 2.05) is 18.2 Å². The standard InChI is InChI=1S/C18H18N6O2S/c19-16(25)12-27-15-7-2-1-6-14(15)23-18(26)21-11-13-5-3-8-20-17(13)24-10-4-9-22-24/h1-10H,11-12H2,(H2,19,25)(H2,21,23,26). The summed E-state index contributed by atoms with van der Waals surface area (Å²) in [6.07, 6.45) is 5.13. The number of anilines is 1. The van der Waals surface area contributed by atoms with Crippen molar-refractivity contribution in [2.24, 2.45) is 5.73 Å². The lowest BCUT2D eigenvalue weighted by Crippen LogP contribution is -2.29. The van der Waals surface area contributed by atoms with Gasteiger partial charge in [0, 0.05) is 35.6 Å². The normalized spacial score (nSPS) is 10.4. The minimum absolute atomic E-state index is 0.142. The predicted octanol–water partition coefficient (Wildman–Crippen LogP) is 2.17. The predicted molar refractivity (Wildman–Crippen MR) is 104 cm³/mol. The molecule has 138 valence electrons. The van der Waals surface area contributed by atoms with Gasteiger partial charge in [0.1, 0.15) is 0 Å². The Balaban J connectivity index is 1.64. The molecule has 2 heterocycles. The zero-order chi connectivity index (χ0) is 19.1. The Morgan fingerprint density at radius 3 is 2.74 bits per heavy atom. The van der Waals surface area contributed by atoms with E-state index in [1.165, 1.54) is 11.8 Å². The second kappa shape index (κ2) is 8.86. The van der Waals surface area contributed by atoms with Crippen molar-refractivity contribution in [2.75, 3.05) is 11.1 Å². The van der Waals surface area contributed by atoms with E-state index < -0.39 is 5.91 Å². The number of nitrogens with zero attached hydrogens (tertiary/aromatic N) is 3. The SMILES string of the molecule is NC(=O)CSc1ccccc1NC(=O)NCc1cccnc1-n1cccn1. The van der Waals surface area contributed by atoms with Crippen LogP contribution in [0.1, 0.15) is 5.56 Å². The van der Waals surface area contributed by atoms with Crippen molar-refractivity contribution in [3.8, 4) is 5.82 Å². The smallest absolute Gasteiger partial charge is 0.319 e. The molecule has 0 fully saturated rings. The number of urea groups is 1. The largest absolute Gasteiger partial charge is 0.369 e. The van der Waals surface area contributed by atoms with E-state index in [0.29, 0.717) is 11.5 Å². The summed E-state index contributed by atoms with van der Waals surface area (Å²) in [6.45, 7) is 0.283. The molecule has 4 N–H and O–H groups in total. The fourth-order valence-electron chi connectivity index (χ4n) is 2.36. The van der Waals surface area contributed by atoms with Crippen LogP contribution in [0, 0.1) is 0 Å². The lowest BCUT2D eigenvalue weighted by atomic mass is 10.2. The summed E-state index contributed by atoms with van der Waals surface area (Å²) in [4.78, 5) is 28.4. The van der Waals surface area contributed by atoms with Crippen LogP contribution in [0.2, 0.25) is 0 Å². The van der Waals surface area contributed by atoms with Gasteiger partial charge in [0.05, 0.1) is 11.4 Å². The van der Waals surface area contributed by atoms with Gasteiger partial charge in [-0.25, -0.2) is 14.5 Å². The zero-order valence-electron chi connectivity index (χ0n) is 14.3. The summed E-state index contributed by atoms with van der Waals surface area (Å²) in [6, 6.07) is 12.3. The first-order chi connectivity index (χ1) is 13.1. The molecule has 3 rings (SSSR count). The molecule has 0 unspecified atom stereocenters. The first-order valence-electron chi connectivity index (χ1n) is 8.12. The molecule has 0 atom stereocenters. The molecule has 0 aliphatic carbocycles. The molecule has 0 saturated heterocycles. The van der Waals surface area contributed by atoms with Gasteiger partial charge in [0.15, 0.2) is 5.82 Å². The van der Waals surface area contributed by atoms with Crippen LogP contribution in [0.5, 0.6) is 0 Å². The average molecular weight is 382 g/mol. The number of nitrogens with two attached hydrogens (primary N) is 1. The Bertz CT molecular complexity index is 929. The maximum absolute atomic E-state index is 12.3. The summed E-state index contributed by atoms with van der Waals surface area (Å²) in [7, 11) is 0. The molecule has 2 aromatic heterocycles. The number of para-hydroxylation sites is 1. The molecule has 27 heavy (non-hydrogen) atoms. The van der Waals surface area contributed by atoms with Gasteiger partial charge < -0.3 is 16.4 Å². The second-order valence-electron chi connectivity index (χ2n) is 5.50. The van der Waals surface area contributed by atoms with Crippen LogP contribution >= 0.6 is 11.8 Å². The van der Waals surface area contributed by atoms with Crippen LogP contribution in [-0.2, 0) is 11.3 Å². The summed E-state index contributed by atoms with van der Waals surface area (Å²) < 4.78 is 1.64. The first-order valence-corrected chi connectivity index (χ1v) is 9.11. The average Bonchev–Trinajstić information content (AvgIpc) is 3.20. The van der Waals surface area contributed by atoms with E-state index in [0.717, 1.165) is 10.5 Å². The number of aromatic nitrogens is 3. The number of nitrogens with one attached hydrogen (secondary N) is 2. The number of hydrogen-bond acceptors (Lipinski definition) is 5. The molecule has 0 bridgehead atoms. The van der Waals surface area contributed by atoms with Crippen molar-refractivity contribution < 1.29 is 9.59 Å². The molecule has 0 aliphatic heterocycles. The topological polar surface area (TPSA) is 115 Å². The van der Waals surface area contributed by atoms with Crippen molar-refractivity contribution >= 4 is 29.4 Å². The van der Waals surface area contributed by atoms with E-state index in [2.05, 4.69) is 20.7 Å². The van der Waals surface area contributed by atoms with Crippen LogP contribution in [0.15, 0.2) is 66.0 Å². The summed E-state index contributed by atoms with van der Waals surface area (Å²) >= 11 is 1.27. The summed E-state index contributed by atoms with van der Waals surface area (Å²) in [5, 5.41) is 9.78. The molecule has 3 aromatic rings. The second-order valence-corrected chi connectivity index (χ2v) is 6.51. The van der Waals surface area contributed by atoms with Gasteiger partial charge in [-0.15, -0.1) is 11.8 Å². The number of amides is 3. The molecule has 8 nitrogen and oxygen atoms in total. The summed E-state index contributed by atoms with van der Waals surface area (Å²) in [5.74, 6) is 0.380. The lowest BCUT2D eigenvalue weighted by molar-refractivity contribution is -0.115. The maximum atomic E-state index is 12.3. The zero-order valence-corrected chi connectivity index (χ0v) is 15.1. The molecule has 0 radical (unpaired) electrons. The number of rotatable bonds is 7. The number of primary amides is 1. The van der Waals surface area contributed by atoms with E-state index in [4.69, 9.17) is 5.73 Å². The lowest BCUT2D eigenvalue weighted by Gasteiger charge is -2.12. The van der Waals surface area contributed by atoms with E-state index in [-0.39, 0.29) is 18.3 Å². The molecule has 9 heteroatoms. The third kappa shape index (κ3) is 5.08. The van der Waals surface area contributed by atoms with Gasteiger partial charge in [-0.05, 0) is 24.3 Å². The molecule has 0 spiro atoms. The number of thioether (sulfide) groups is 1. The van der Waals surface area contributed by atoms with Crippen molar-refractivity contribution in [3.63, 3.8) is 0 Å². The monoisotopic (exact) mass is 382 g/mol. The van der Waals surface area contributed by atoms with Gasteiger partial charge in [-0.1, -0.05) is 18.2 Å². The highest BCUT2D eigenvalue weighted by Gasteiger charge is 2.10. The molecule has 1 aromatic carbocycles. The van der Waals surface area contributed by atoms with Crippen LogP contribution in [-0.4, -0.2) is 32.5 Å². The number of hydrogen-bond donors (Lipinski definition) is 3. The minimum atomic E-state index is -0.415. The number of carbonyl (C=O) groups excluding carboxylic acids is 2. The molecular formula is C18H18N6O2S. The van der Waals surface area contributed by atoms with Gasteiger partial charge in [0.25, 0.3) is 0 Å².